The van der Waals surface area contributed by atoms with Gasteiger partial charge < -0.3 is 5.11 Å². The lowest BCUT2D eigenvalue weighted by atomic mass is 9.91. The Labute approximate surface area is 106 Å². The van der Waals surface area contributed by atoms with Crippen molar-refractivity contribution in [1.82, 2.24) is 4.90 Å². The molecule has 2 nitrogen and oxygen atoms in total. The third kappa shape index (κ3) is 3.50. The normalized spacial score (nSPS) is 16.0. The Hall–Kier alpha value is -1.00. The van der Waals surface area contributed by atoms with Crippen LogP contribution in [-0.4, -0.2) is 29.2 Å². The monoisotopic (exact) mass is 255 g/mol. The fourth-order valence-electron chi connectivity index (χ4n) is 2.35. The highest BCUT2D eigenvalue weighted by Gasteiger charge is 2.24. The van der Waals surface area contributed by atoms with Crippen LogP contribution in [0.2, 0.25) is 0 Å². The summed E-state index contributed by atoms with van der Waals surface area (Å²) in [6.07, 6.45) is 4.21. The first-order valence-electron chi connectivity index (χ1n) is 6.49. The van der Waals surface area contributed by atoms with Gasteiger partial charge in [0, 0.05) is 31.8 Å². The maximum absolute atomic E-state index is 13.1. The molecule has 0 atom stereocenters. The first-order chi connectivity index (χ1) is 8.69. The van der Waals surface area contributed by atoms with Gasteiger partial charge in [0.05, 0.1) is 0 Å². The summed E-state index contributed by atoms with van der Waals surface area (Å²) >= 11 is 0. The molecule has 0 aliphatic heterocycles. The standard InChI is InChI=1S/C14H19F2NO/c15-12-7-11(8-13(16)9-12)10-17(5-2-6-18)14-3-1-4-14/h7-9,14,18H,1-6,10H2. The zero-order chi connectivity index (χ0) is 13.0. The van der Waals surface area contributed by atoms with Gasteiger partial charge >= 0.3 is 0 Å². The first kappa shape index (κ1) is 13.4. The molecule has 0 amide bonds. The number of halogens is 2. The average molecular weight is 255 g/mol. The Morgan fingerprint density at radius 2 is 1.83 bits per heavy atom. The maximum Gasteiger partial charge on any atom is 0.126 e. The van der Waals surface area contributed by atoms with Crippen molar-refractivity contribution in [3.8, 4) is 0 Å². The molecule has 0 radical (unpaired) electrons. The van der Waals surface area contributed by atoms with Crippen molar-refractivity contribution in [2.24, 2.45) is 0 Å². The molecule has 0 saturated heterocycles. The highest BCUT2D eigenvalue weighted by molar-refractivity contribution is 5.18. The Morgan fingerprint density at radius 1 is 1.17 bits per heavy atom. The van der Waals surface area contributed by atoms with Crippen molar-refractivity contribution in [2.45, 2.75) is 38.3 Å². The molecule has 1 aromatic carbocycles. The summed E-state index contributed by atoms with van der Waals surface area (Å²) in [6.45, 7) is 1.49. The van der Waals surface area contributed by atoms with E-state index in [4.69, 9.17) is 5.11 Å². The lowest BCUT2D eigenvalue weighted by molar-refractivity contribution is 0.109. The highest BCUT2D eigenvalue weighted by Crippen LogP contribution is 2.26. The van der Waals surface area contributed by atoms with Gasteiger partial charge in [-0.05, 0) is 37.0 Å². The molecular formula is C14H19F2NO. The van der Waals surface area contributed by atoms with Gasteiger partial charge in [0.1, 0.15) is 11.6 Å². The Kier molecular flexibility index (Phi) is 4.66. The lowest BCUT2D eigenvalue weighted by Crippen LogP contribution is -2.40. The summed E-state index contributed by atoms with van der Waals surface area (Å²) in [5.41, 5.74) is 0.664. The van der Waals surface area contributed by atoms with Gasteiger partial charge in [-0.3, -0.25) is 4.90 Å². The smallest absolute Gasteiger partial charge is 0.126 e. The van der Waals surface area contributed by atoms with E-state index in [1.54, 1.807) is 0 Å². The SMILES string of the molecule is OCCCN(Cc1cc(F)cc(F)c1)C1CCC1. The zero-order valence-electron chi connectivity index (χ0n) is 10.4. The average Bonchev–Trinajstić information content (AvgIpc) is 2.21. The first-order valence-corrected chi connectivity index (χ1v) is 6.49. The third-order valence-electron chi connectivity index (χ3n) is 3.50. The number of aliphatic hydroxyl groups is 1. The molecule has 18 heavy (non-hydrogen) atoms. The zero-order valence-corrected chi connectivity index (χ0v) is 10.4. The van der Waals surface area contributed by atoms with E-state index < -0.39 is 11.6 Å². The molecule has 2 rings (SSSR count). The van der Waals surface area contributed by atoms with Crippen molar-refractivity contribution in [2.75, 3.05) is 13.2 Å². The summed E-state index contributed by atoms with van der Waals surface area (Å²) in [6, 6.07) is 4.16. The number of rotatable bonds is 6. The van der Waals surface area contributed by atoms with Gasteiger partial charge in [0.25, 0.3) is 0 Å². The lowest BCUT2D eigenvalue weighted by Gasteiger charge is -2.37. The minimum Gasteiger partial charge on any atom is -0.396 e. The molecule has 0 bridgehead atoms. The molecule has 0 aromatic heterocycles. The predicted octanol–water partition coefficient (Wildman–Crippen LogP) is 2.70. The van der Waals surface area contributed by atoms with E-state index in [-0.39, 0.29) is 6.61 Å². The third-order valence-corrected chi connectivity index (χ3v) is 3.50. The minimum atomic E-state index is -0.527. The van der Waals surface area contributed by atoms with E-state index in [0.29, 0.717) is 24.6 Å². The van der Waals surface area contributed by atoms with Gasteiger partial charge in [-0.15, -0.1) is 0 Å². The summed E-state index contributed by atoms with van der Waals surface area (Å²) in [5.74, 6) is -1.05. The largest absolute Gasteiger partial charge is 0.396 e. The summed E-state index contributed by atoms with van der Waals surface area (Å²) in [7, 11) is 0. The quantitative estimate of drug-likeness (QED) is 0.845. The summed E-state index contributed by atoms with van der Waals surface area (Å²) in [4.78, 5) is 2.22. The maximum atomic E-state index is 13.1. The molecule has 1 N–H and O–H groups in total. The fraction of sp³-hybridized carbons (Fsp3) is 0.571. The van der Waals surface area contributed by atoms with Gasteiger partial charge in [-0.1, -0.05) is 6.42 Å². The Bertz CT molecular complexity index is 373. The highest BCUT2D eigenvalue weighted by atomic mass is 19.1. The molecule has 100 valence electrons. The molecule has 1 fully saturated rings. The van der Waals surface area contributed by atoms with E-state index in [1.807, 2.05) is 0 Å². The van der Waals surface area contributed by atoms with E-state index in [2.05, 4.69) is 4.90 Å². The van der Waals surface area contributed by atoms with Crippen LogP contribution < -0.4 is 0 Å². The fourth-order valence-corrected chi connectivity index (χ4v) is 2.35. The van der Waals surface area contributed by atoms with Crippen LogP contribution in [0.4, 0.5) is 8.78 Å². The molecule has 0 heterocycles. The molecule has 1 saturated carbocycles. The van der Waals surface area contributed by atoms with E-state index in [0.717, 1.165) is 25.5 Å². The number of hydrogen-bond donors (Lipinski definition) is 1. The Balaban J connectivity index is 2.02. The predicted molar refractivity (Wildman–Crippen MR) is 66.1 cm³/mol. The van der Waals surface area contributed by atoms with Crippen LogP contribution in [0.1, 0.15) is 31.2 Å². The van der Waals surface area contributed by atoms with Crippen LogP contribution in [0.3, 0.4) is 0 Å². The van der Waals surface area contributed by atoms with E-state index in [9.17, 15) is 8.78 Å². The number of hydrogen-bond acceptors (Lipinski definition) is 2. The number of aliphatic hydroxyl groups excluding tert-OH is 1. The molecule has 1 aliphatic rings. The van der Waals surface area contributed by atoms with Crippen LogP contribution in [-0.2, 0) is 6.54 Å². The van der Waals surface area contributed by atoms with Crippen molar-refractivity contribution >= 4 is 0 Å². The van der Waals surface area contributed by atoms with Crippen LogP contribution >= 0.6 is 0 Å². The Morgan fingerprint density at radius 3 is 2.33 bits per heavy atom. The van der Waals surface area contributed by atoms with Crippen LogP contribution in [0.5, 0.6) is 0 Å². The van der Waals surface area contributed by atoms with Crippen molar-refractivity contribution < 1.29 is 13.9 Å². The van der Waals surface area contributed by atoms with E-state index in [1.165, 1.54) is 18.6 Å². The van der Waals surface area contributed by atoms with E-state index >= 15 is 0 Å². The van der Waals surface area contributed by atoms with Crippen molar-refractivity contribution in [3.05, 3.63) is 35.4 Å². The molecule has 0 spiro atoms. The van der Waals surface area contributed by atoms with Crippen molar-refractivity contribution in [3.63, 3.8) is 0 Å². The second kappa shape index (κ2) is 6.25. The van der Waals surface area contributed by atoms with Crippen LogP contribution in [0.15, 0.2) is 18.2 Å². The number of benzene rings is 1. The van der Waals surface area contributed by atoms with Gasteiger partial charge in [0.2, 0.25) is 0 Å². The van der Waals surface area contributed by atoms with Crippen LogP contribution in [0.25, 0.3) is 0 Å². The van der Waals surface area contributed by atoms with Gasteiger partial charge in [-0.2, -0.15) is 0 Å². The topological polar surface area (TPSA) is 23.5 Å². The summed E-state index contributed by atoms with van der Waals surface area (Å²) < 4.78 is 26.3. The van der Waals surface area contributed by atoms with Crippen LogP contribution in [0, 0.1) is 11.6 Å². The molecule has 1 aromatic rings. The molecular weight excluding hydrogens is 236 g/mol. The molecule has 0 unspecified atom stereocenters. The summed E-state index contributed by atoms with van der Waals surface area (Å²) in [5, 5.41) is 8.90. The van der Waals surface area contributed by atoms with Gasteiger partial charge in [-0.25, -0.2) is 8.78 Å². The minimum absolute atomic E-state index is 0.154. The van der Waals surface area contributed by atoms with Crippen molar-refractivity contribution in [1.29, 1.82) is 0 Å². The molecule has 1 aliphatic carbocycles. The molecule has 4 heteroatoms. The second-order valence-corrected chi connectivity index (χ2v) is 4.91. The van der Waals surface area contributed by atoms with Gasteiger partial charge in [0.15, 0.2) is 0 Å². The number of nitrogens with zero attached hydrogens (tertiary/aromatic N) is 1. The second-order valence-electron chi connectivity index (χ2n) is 4.91.